The highest BCUT2D eigenvalue weighted by atomic mass is 32.1. The van der Waals surface area contributed by atoms with E-state index in [2.05, 4.69) is 5.32 Å². The van der Waals surface area contributed by atoms with Crippen LogP contribution in [0.15, 0.2) is 0 Å². The molecule has 1 aliphatic carbocycles. The first-order chi connectivity index (χ1) is 9.45. The zero-order chi connectivity index (χ0) is 14.9. The SMILES string of the molecule is COC(=O)c1c(NCC2CC2)sc(C(=O)N(C)C)c1N. The monoisotopic (exact) mass is 297 g/mol. The number of methoxy groups -OCH3 is 1. The summed E-state index contributed by atoms with van der Waals surface area (Å²) in [6.45, 7) is 0.791. The molecule has 0 atom stereocenters. The van der Waals surface area contributed by atoms with Crippen molar-refractivity contribution in [1.82, 2.24) is 4.90 Å². The summed E-state index contributed by atoms with van der Waals surface area (Å²) in [5.41, 5.74) is 6.42. The van der Waals surface area contributed by atoms with Crippen LogP contribution in [0.1, 0.15) is 32.9 Å². The standard InChI is InChI=1S/C13H19N3O3S/c1-16(2)12(17)10-9(14)8(13(18)19-3)11(20-10)15-6-7-4-5-7/h7,15H,4-6,14H2,1-3H3. The van der Waals surface area contributed by atoms with Crippen molar-refractivity contribution in [3.63, 3.8) is 0 Å². The summed E-state index contributed by atoms with van der Waals surface area (Å²) in [6.07, 6.45) is 2.40. The maximum absolute atomic E-state index is 12.1. The molecule has 1 aliphatic rings. The minimum absolute atomic E-state index is 0.193. The van der Waals surface area contributed by atoms with Crippen molar-refractivity contribution in [2.45, 2.75) is 12.8 Å². The number of hydrogen-bond donors (Lipinski definition) is 2. The van der Waals surface area contributed by atoms with Crippen molar-refractivity contribution in [3.8, 4) is 0 Å². The molecular formula is C13H19N3O3S. The van der Waals surface area contributed by atoms with Crippen LogP contribution >= 0.6 is 11.3 Å². The molecule has 0 aliphatic heterocycles. The average Bonchev–Trinajstić information content (AvgIpc) is 3.18. The second-order valence-corrected chi connectivity index (χ2v) is 6.09. The third kappa shape index (κ3) is 2.87. The van der Waals surface area contributed by atoms with E-state index in [1.165, 1.54) is 36.2 Å². The molecule has 2 rings (SSSR count). The first-order valence-electron chi connectivity index (χ1n) is 6.41. The van der Waals surface area contributed by atoms with Crippen LogP contribution in [0.4, 0.5) is 10.7 Å². The molecule has 6 nitrogen and oxygen atoms in total. The van der Waals surface area contributed by atoms with Crippen molar-refractivity contribution in [2.75, 3.05) is 38.8 Å². The van der Waals surface area contributed by atoms with E-state index in [4.69, 9.17) is 10.5 Å². The Hall–Kier alpha value is -1.76. The summed E-state index contributed by atoms with van der Waals surface area (Å²) in [6, 6.07) is 0. The lowest BCUT2D eigenvalue weighted by molar-refractivity contribution is 0.0603. The number of anilines is 2. The maximum atomic E-state index is 12.1. The Labute approximate surface area is 121 Å². The number of amides is 1. The summed E-state index contributed by atoms with van der Waals surface area (Å²) in [5.74, 6) is -0.0798. The van der Waals surface area contributed by atoms with E-state index < -0.39 is 5.97 Å². The van der Waals surface area contributed by atoms with Gasteiger partial charge in [-0.15, -0.1) is 11.3 Å². The number of carbonyl (C=O) groups is 2. The van der Waals surface area contributed by atoms with Crippen LogP contribution in [0.5, 0.6) is 0 Å². The third-order valence-corrected chi connectivity index (χ3v) is 4.33. The number of rotatable bonds is 5. The van der Waals surface area contributed by atoms with Crippen LogP contribution in [0.3, 0.4) is 0 Å². The number of nitrogens with one attached hydrogen (secondary N) is 1. The Kier molecular flexibility index (Phi) is 4.17. The van der Waals surface area contributed by atoms with E-state index in [-0.39, 0.29) is 17.2 Å². The first kappa shape index (κ1) is 14.6. The molecule has 1 fully saturated rings. The van der Waals surface area contributed by atoms with Gasteiger partial charge in [0.25, 0.3) is 5.91 Å². The average molecular weight is 297 g/mol. The Balaban J connectivity index is 2.33. The van der Waals surface area contributed by atoms with Crippen LogP contribution < -0.4 is 11.1 Å². The van der Waals surface area contributed by atoms with Crippen molar-refractivity contribution in [3.05, 3.63) is 10.4 Å². The molecule has 0 spiro atoms. The lowest BCUT2D eigenvalue weighted by Gasteiger charge is -2.08. The fourth-order valence-corrected chi connectivity index (χ4v) is 2.93. The van der Waals surface area contributed by atoms with E-state index in [1.54, 1.807) is 14.1 Å². The Morgan fingerprint density at radius 1 is 1.45 bits per heavy atom. The lowest BCUT2D eigenvalue weighted by atomic mass is 10.2. The number of esters is 1. The van der Waals surface area contributed by atoms with Gasteiger partial charge in [-0.1, -0.05) is 0 Å². The van der Waals surface area contributed by atoms with E-state index in [1.807, 2.05) is 0 Å². The van der Waals surface area contributed by atoms with Gasteiger partial charge in [0.05, 0.1) is 12.8 Å². The molecule has 0 bridgehead atoms. The zero-order valence-electron chi connectivity index (χ0n) is 11.9. The predicted molar refractivity (Wildman–Crippen MR) is 79.3 cm³/mol. The van der Waals surface area contributed by atoms with Gasteiger partial charge in [0.1, 0.15) is 15.4 Å². The van der Waals surface area contributed by atoms with E-state index in [0.29, 0.717) is 15.8 Å². The number of nitrogens with zero attached hydrogens (tertiary/aromatic N) is 1. The van der Waals surface area contributed by atoms with Gasteiger partial charge in [-0.3, -0.25) is 4.79 Å². The molecule has 0 aromatic carbocycles. The Bertz CT molecular complexity index is 535. The van der Waals surface area contributed by atoms with Crippen LogP contribution in [0, 0.1) is 5.92 Å². The van der Waals surface area contributed by atoms with Crippen LogP contribution in [0.2, 0.25) is 0 Å². The van der Waals surface area contributed by atoms with Crippen molar-refractivity contribution >= 4 is 33.9 Å². The van der Waals surface area contributed by atoms with Gasteiger partial charge in [-0.2, -0.15) is 0 Å². The van der Waals surface area contributed by atoms with Crippen molar-refractivity contribution in [1.29, 1.82) is 0 Å². The quantitative estimate of drug-likeness (QED) is 0.807. The minimum Gasteiger partial charge on any atom is -0.465 e. The fraction of sp³-hybridized carbons (Fsp3) is 0.538. The van der Waals surface area contributed by atoms with Crippen LogP contribution in [0.25, 0.3) is 0 Å². The second kappa shape index (κ2) is 5.70. The summed E-state index contributed by atoms with van der Waals surface area (Å²) in [5, 5.41) is 3.83. The summed E-state index contributed by atoms with van der Waals surface area (Å²) < 4.78 is 4.76. The summed E-state index contributed by atoms with van der Waals surface area (Å²) in [7, 11) is 4.60. The molecule has 110 valence electrons. The molecule has 1 amide bonds. The van der Waals surface area contributed by atoms with Gasteiger partial charge in [0.2, 0.25) is 0 Å². The minimum atomic E-state index is -0.519. The van der Waals surface area contributed by atoms with Crippen LogP contribution in [-0.2, 0) is 4.74 Å². The van der Waals surface area contributed by atoms with E-state index in [9.17, 15) is 9.59 Å². The van der Waals surface area contributed by atoms with E-state index >= 15 is 0 Å². The van der Waals surface area contributed by atoms with Crippen LogP contribution in [-0.4, -0.2) is 44.5 Å². The molecular weight excluding hydrogens is 278 g/mol. The lowest BCUT2D eigenvalue weighted by Crippen LogP contribution is -2.21. The molecule has 3 N–H and O–H groups in total. The molecule has 1 saturated carbocycles. The molecule has 0 radical (unpaired) electrons. The number of thiophene rings is 1. The molecule has 1 heterocycles. The summed E-state index contributed by atoms with van der Waals surface area (Å²) in [4.78, 5) is 25.7. The first-order valence-corrected chi connectivity index (χ1v) is 7.23. The largest absolute Gasteiger partial charge is 0.465 e. The number of nitrogens with two attached hydrogens (primary N) is 1. The van der Waals surface area contributed by atoms with Gasteiger partial charge >= 0.3 is 5.97 Å². The second-order valence-electron chi connectivity index (χ2n) is 5.06. The van der Waals surface area contributed by atoms with Gasteiger partial charge in [0.15, 0.2) is 0 Å². The smallest absolute Gasteiger partial charge is 0.343 e. The van der Waals surface area contributed by atoms with Gasteiger partial charge in [0, 0.05) is 20.6 Å². The van der Waals surface area contributed by atoms with Gasteiger partial charge in [-0.05, 0) is 18.8 Å². The highest BCUT2D eigenvalue weighted by Gasteiger charge is 2.28. The fourth-order valence-electron chi connectivity index (χ4n) is 1.79. The zero-order valence-corrected chi connectivity index (χ0v) is 12.7. The Morgan fingerprint density at radius 3 is 2.60 bits per heavy atom. The molecule has 0 saturated heterocycles. The number of carbonyl (C=O) groups excluding carboxylic acids is 2. The predicted octanol–water partition coefficient (Wildman–Crippen LogP) is 1.64. The molecule has 7 heteroatoms. The highest BCUT2D eigenvalue weighted by Crippen LogP contribution is 2.38. The van der Waals surface area contributed by atoms with E-state index in [0.717, 1.165) is 6.54 Å². The highest BCUT2D eigenvalue weighted by molar-refractivity contribution is 7.19. The molecule has 0 unspecified atom stereocenters. The number of hydrogen-bond acceptors (Lipinski definition) is 6. The maximum Gasteiger partial charge on any atom is 0.343 e. The molecule has 1 aromatic rings. The van der Waals surface area contributed by atoms with Crippen molar-refractivity contribution < 1.29 is 14.3 Å². The number of ether oxygens (including phenoxy) is 1. The number of nitrogen functional groups attached to an aromatic ring is 1. The third-order valence-electron chi connectivity index (χ3n) is 3.18. The topological polar surface area (TPSA) is 84.7 Å². The van der Waals surface area contributed by atoms with Gasteiger partial charge in [-0.25, -0.2) is 4.79 Å². The molecule has 1 aromatic heterocycles. The van der Waals surface area contributed by atoms with Gasteiger partial charge < -0.3 is 20.7 Å². The molecule has 20 heavy (non-hydrogen) atoms. The normalized spacial score (nSPS) is 13.9. The Morgan fingerprint density at radius 2 is 2.10 bits per heavy atom. The van der Waals surface area contributed by atoms with Crippen molar-refractivity contribution in [2.24, 2.45) is 5.92 Å². The summed E-state index contributed by atoms with van der Waals surface area (Å²) >= 11 is 1.21.